The minimum atomic E-state index is -0.501. The lowest BCUT2D eigenvalue weighted by Crippen LogP contribution is -2.24. The van der Waals surface area contributed by atoms with Crippen molar-refractivity contribution in [1.82, 2.24) is 0 Å². The lowest BCUT2D eigenvalue weighted by atomic mass is 9.79. The summed E-state index contributed by atoms with van der Waals surface area (Å²) in [6.45, 7) is 4.41. The van der Waals surface area contributed by atoms with E-state index in [1.54, 1.807) is 6.07 Å². The number of ketones is 2. The number of hydrogen-bond donors (Lipinski definition) is 3. The van der Waals surface area contributed by atoms with Gasteiger partial charge < -0.3 is 15.9 Å². The summed E-state index contributed by atoms with van der Waals surface area (Å²) in [4.78, 5) is 29.8. The van der Waals surface area contributed by atoms with Gasteiger partial charge in [0.25, 0.3) is 0 Å². The highest BCUT2D eigenvalue weighted by Gasteiger charge is 2.39. The van der Waals surface area contributed by atoms with E-state index in [9.17, 15) is 19.8 Å². The average molecular weight is 616 g/mol. The van der Waals surface area contributed by atoms with Crippen LogP contribution in [0, 0.1) is 0 Å². The molecule has 0 bridgehead atoms. The molecule has 4 N–H and O–H groups in total. The summed E-state index contributed by atoms with van der Waals surface area (Å²) in [6, 6.07) is 13.2. The molecule has 0 saturated heterocycles. The first kappa shape index (κ1) is 33.6. The maximum atomic E-state index is 14.2. The second kappa shape index (κ2) is 16.7. The van der Waals surface area contributed by atoms with Crippen molar-refractivity contribution >= 4 is 29.0 Å². The van der Waals surface area contributed by atoms with Crippen LogP contribution in [0.3, 0.4) is 0 Å². The SMILES string of the molecule is CCCCCCCCCc1cc(N)c2c(c1O)C(=O)c1c(Sc3ccccc3)cc(CCCCCCCCC)c(O)c1C2=O. The Morgan fingerprint density at radius 2 is 1.05 bits per heavy atom. The molecule has 0 heterocycles. The maximum Gasteiger partial charge on any atom is 0.200 e. The molecule has 236 valence electrons. The summed E-state index contributed by atoms with van der Waals surface area (Å²) in [7, 11) is 0. The second-order valence-corrected chi connectivity index (χ2v) is 13.3. The van der Waals surface area contributed by atoms with Gasteiger partial charge in [-0.05, 0) is 61.1 Å². The predicted octanol–water partition coefficient (Wildman–Crippen LogP) is 10.2. The second-order valence-electron chi connectivity index (χ2n) is 12.2. The Labute approximate surface area is 267 Å². The van der Waals surface area contributed by atoms with Gasteiger partial charge in [-0.1, -0.05) is 121 Å². The molecule has 0 saturated carbocycles. The molecule has 4 rings (SSSR count). The first-order valence-electron chi connectivity index (χ1n) is 16.7. The molecule has 0 fully saturated rings. The summed E-state index contributed by atoms with van der Waals surface area (Å²) in [5.41, 5.74) is 8.00. The van der Waals surface area contributed by atoms with Crippen molar-refractivity contribution in [3.8, 4) is 11.5 Å². The van der Waals surface area contributed by atoms with Gasteiger partial charge in [0.1, 0.15) is 11.5 Å². The van der Waals surface area contributed by atoms with Crippen LogP contribution in [0.1, 0.15) is 147 Å². The fraction of sp³-hybridized carbons (Fsp3) is 0.474. The fourth-order valence-electron chi connectivity index (χ4n) is 6.24. The van der Waals surface area contributed by atoms with Crippen LogP contribution < -0.4 is 5.73 Å². The van der Waals surface area contributed by atoms with Gasteiger partial charge in [0, 0.05) is 15.5 Å². The van der Waals surface area contributed by atoms with Crippen LogP contribution in [-0.2, 0) is 12.8 Å². The smallest absolute Gasteiger partial charge is 0.200 e. The fourth-order valence-corrected chi connectivity index (χ4v) is 7.28. The number of rotatable bonds is 18. The Morgan fingerprint density at radius 1 is 0.591 bits per heavy atom. The Kier molecular flexibility index (Phi) is 12.8. The first-order chi connectivity index (χ1) is 21.4. The quantitative estimate of drug-likeness (QED) is 0.0585. The molecule has 0 unspecified atom stereocenters. The lowest BCUT2D eigenvalue weighted by Gasteiger charge is -2.25. The molecule has 1 aliphatic rings. The van der Waals surface area contributed by atoms with Crippen molar-refractivity contribution in [3.05, 3.63) is 75.8 Å². The number of benzene rings is 3. The Balaban J connectivity index is 1.64. The van der Waals surface area contributed by atoms with E-state index in [0.29, 0.717) is 28.9 Å². The molecule has 6 heteroatoms. The van der Waals surface area contributed by atoms with Crippen molar-refractivity contribution in [2.45, 2.75) is 126 Å². The third-order valence-electron chi connectivity index (χ3n) is 8.73. The maximum absolute atomic E-state index is 14.2. The van der Waals surface area contributed by atoms with Gasteiger partial charge in [-0.25, -0.2) is 0 Å². The van der Waals surface area contributed by atoms with Gasteiger partial charge in [-0.3, -0.25) is 9.59 Å². The normalized spacial score (nSPS) is 12.4. The molecule has 0 spiro atoms. The number of nitrogens with two attached hydrogens (primary N) is 1. The van der Waals surface area contributed by atoms with Crippen LogP contribution >= 0.6 is 11.8 Å². The number of nitrogen functional groups attached to an aromatic ring is 1. The lowest BCUT2D eigenvalue weighted by molar-refractivity contribution is 0.0972. The standard InChI is InChI=1S/C38H49NO4S/c1-3-5-7-9-11-13-16-20-26-24-29(39)31-33(35(26)40)38(43)32-30(44-28-22-18-15-19-23-28)25-27(36(41)34(32)37(31)42)21-17-14-12-10-8-6-4-2/h15,18-19,22-25,40-41H,3-14,16-17,20-21,39H2,1-2H3. The van der Waals surface area contributed by atoms with Gasteiger partial charge >= 0.3 is 0 Å². The molecule has 0 aromatic heterocycles. The molecule has 5 nitrogen and oxygen atoms in total. The van der Waals surface area contributed by atoms with Crippen LogP contribution in [0.15, 0.2) is 52.3 Å². The highest BCUT2D eigenvalue weighted by atomic mass is 32.2. The molecule has 0 aliphatic heterocycles. The molecule has 3 aromatic carbocycles. The molecule has 0 atom stereocenters. The molecular formula is C38H49NO4S. The summed E-state index contributed by atoms with van der Waals surface area (Å²) in [5, 5.41) is 22.8. The van der Waals surface area contributed by atoms with E-state index in [4.69, 9.17) is 5.73 Å². The minimum Gasteiger partial charge on any atom is -0.507 e. The minimum absolute atomic E-state index is 0.00218. The van der Waals surface area contributed by atoms with Crippen LogP contribution in [0.2, 0.25) is 0 Å². The van der Waals surface area contributed by atoms with E-state index in [1.165, 1.54) is 63.1 Å². The van der Waals surface area contributed by atoms with E-state index in [1.807, 2.05) is 36.4 Å². The number of carbonyl (C=O) groups excluding carboxylic acids is 2. The number of hydrogen-bond acceptors (Lipinski definition) is 6. The van der Waals surface area contributed by atoms with E-state index >= 15 is 0 Å². The van der Waals surface area contributed by atoms with Crippen molar-refractivity contribution in [3.63, 3.8) is 0 Å². The zero-order valence-electron chi connectivity index (χ0n) is 26.6. The first-order valence-corrected chi connectivity index (χ1v) is 17.6. The topological polar surface area (TPSA) is 101 Å². The molecule has 0 radical (unpaired) electrons. The number of phenolic OH excluding ortho intramolecular Hbond substituents is 2. The Morgan fingerprint density at radius 3 is 1.59 bits per heavy atom. The number of anilines is 1. The van der Waals surface area contributed by atoms with Crippen LogP contribution in [0.4, 0.5) is 5.69 Å². The van der Waals surface area contributed by atoms with Crippen LogP contribution in [0.5, 0.6) is 11.5 Å². The molecule has 0 amide bonds. The van der Waals surface area contributed by atoms with Gasteiger partial charge in [-0.2, -0.15) is 0 Å². The zero-order chi connectivity index (χ0) is 31.5. The molecule has 44 heavy (non-hydrogen) atoms. The van der Waals surface area contributed by atoms with Crippen molar-refractivity contribution in [1.29, 1.82) is 0 Å². The zero-order valence-corrected chi connectivity index (χ0v) is 27.4. The number of aromatic hydroxyl groups is 2. The van der Waals surface area contributed by atoms with E-state index < -0.39 is 11.6 Å². The summed E-state index contributed by atoms with van der Waals surface area (Å²) < 4.78 is 0. The van der Waals surface area contributed by atoms with E-state index in [-0.39, 0.29) is 39.4 Å². The van der Waals surface area contributed by atoms with Gasteiger partial charge in [0.05, 0.1) is 22.3 Å². The van der Waals surface area contributed by atoms with Crippen molar-refractivity contribution in [2.24, 2.45) is 0 Å². The van der Waals surface area contributed by atoms with Gasteiger partial charge in [-0.15, -0.1) is 0 Å². The van der Waals surface area contributed by atoms with E-state index in [0.717, 1.165) is 43.4 Å². The molecule has 1 aliphatic carbocycles. The highest BCUT2D eigenvalue weighted by Crippen LogP contribution is 2.46. The summed E-state index contributed by atoms with van der Waals surface area (Å²) >= 11 is 1.40. The summed E-state index contributed by atoms with van der Waals surface area (Å²) in [6.07, 6.45) is 17.1. The third kappa shape index (κ3) is 8.06. The van der Waals surface area contributed by atoms with Crippen LogP contribution in [-0.4, -0.2) is 21.8 Å². The largest absolute Gasteiger partial charge is 0.507 e. The predicted molar refractivity (Wildman–Crippen MR) is 181 cm³/mol. The third-order valence-corrected chi connectivity index (χ3v) is 9.78. The Bertz CT molecular complexity index is 1430. The monoisotopic (exact) mass is 615 g/mol. The van der Waals surface area contributed by atoms with Gasteiger partial charge in [0.2, 0.25) is 5.78 Å². The van der Waals surface area contributed by atoms with Crippen molar-refractivity contribution < 1.29 is 19.8 Å². The highest BCUT2D eigenvalue weighted by molar-refractivity contribution is 7.99. The Hall–Kier alpha value is -3.25. The molecule has 3 aromatic rings. The number of carbonyl (C=O) groups is 2. The number of aryl methyl sites for hydroxylation is 2. The number of unbranched alkanes of at least 4 members (excludes halogenated alkanes) is 12. The molecular weight excluding hydrogens is 566 g/mol. The van der Waals surface area contributed by atoms with Crippen LogP contribution in [0.25, 0.3) is 0 Å². The number of fused-ring (bicyclic) bond motifs is 2. The average Bonchev–Trinajstić information content (AvgIpc) is 3.02. The summed E-state index contributed by atoms with van der Waals surface area (Å²) in [5.74, 6) is -1.26. The number of phenols is 2. The van der Waals surface area contributed by atoms with Crippen molar-refractivity contribution in [2.75, 3.05) is 5.73 Å². The van der Waals surface area contributed by atoms with Gasteiger partial charge in [0.15, 0.2) is 5.78 Å². The van der Waals surface area contributed by atoms with E-state index in [2.05, 4.69) is 13.8 Å².